The van der Waals surface area contributed by atoms with Gasteiger partial charge < -0.3 is 4.90 Å². The molecule has 2 rings (SSSR count). The van der Waals surface area contributed by atoms with E-state index in [4.69, 9.17) is 0 Å². The average Bonchev–Trinajstić information content (AvgIpc) is 2.43. The summed E-state index contributed by atoms with van der Waals surface area (Å²) in [6.45, 7) is 4.32. The molecule has 0 aliphatic heterocycles. The molecule has 1 nitrogen and oxygen atoms in total. The molecular weight excluding hydrogens is 250 g/mol. The number of nitrogens with zero attached hydrogens (tertiary/aromatic N) is 1. The van der Waals surface area contributed by atoms with E-state index in [0.29, 0.717) is 0 Å². The lowest BCUT2D eigenvalue weighted by molar-refractivity contribution is 0.348. The van der Waals surface area contributed by atoms with E-state index in [2.05, 4.69) is 73.5 Å². The van der Waals surface area contributed by atoms with Crippen LogP contribution in [0.3, 0.4) is 0 Å². The molecule has 2 aromatic rings. The van der Waals surface area contributed by atoms with E-state index >= 15 is 0 Å². The average molecular weight is 271 g/mol. The van der Waals surface area contributed by atoms with Crippen LogP contribution in [0, 0.1) is 6.92 Å². The minimum Gasteiger partial charge on any atom is -0.301 e. The molecule has 19 heavy (non-hydrogen) atoms. The molecule has 2 aromatic carbocycles. The molecule has 100 valence electrons. The molecule has 0 atom stereocenters. The second kappa shape index (κ2) is 7.37. The van der Waals surface area contributed by atoms with Gasteiger partial charge in [-0.05, 0) is 37.2 Å². The van der Waals surface area contributed by atoms with Crippen LogP contribution < -0.4 is 0 Å². The minimum absolute atomic E-state index is 1.03. The monoisotopic (exact) mass is 271 g/mol. The summed E-state index contributed by atoms with van der Waals surface area (Å²) < 4.78 is 0. The van der Waals surface area contributed by atoms with Crippen molar-refractivity contribution in [3.8, 4) is 0 Å². The topological polar surface area (TPSA) is 3.24 Å². The van der Waals surface area contributed by atoms with Crippen LogP contribution in [-0.4, -0.2) is 24.2 Å². The summed E-state index contributed by atoms with van der Waals surface area (Å²) in [5, 5.41) is 0. The Labute approximate surface area is 120 Å². The highest BCUT2D eigenvalue weighted by Crippen LogP contribution is 2.17. The van der Waals surface area contributed by atoms with E-state index in [9.17, 15) is 0 Å². The third kappa shape index (κ3) is 4.73. The standard InChI is InChI=1S/C17H21NS/c1-15-8-6-7-9-16(15)14-18(2)12-13-19-17-10-4-3-5-11-17/h3-11H,12-14H2,1-2H3. The second-order valence-electron chi connectivity index (χ2n) is 4.83. The lowest BCUT2D eigenvalue weighted by Gasteiger charge is -2.17. The van der Waals surface area contributed by atoms with Crippen LogP contribution in [0.1, 0.15) is 11.1 Å². The number of thioether (sulfide) groups is 1. The molecule has 0 saturated carbocycles. The van der Waals surface area contributed by atoms with Crippen molar-refractivity contribution in [1.29, 1.82) is 0 Å². The van der Waals surface area contributed by atoms with Crippen molar-refractivity contribution in [2.24, 2.45) is 0 Å². The molecule has 0 unspecified atom stereocenters. The van der Waals surface area contributed by atoms with Crippen LogP contribution in [0.15, 0.2) is 59.5 Å². The number of aryl methyl sites for hydroxylation is 1. The van der Waals surface area contributed by atoms with Crippen molar-refractivity contribution in [3.05, 3.63) is 65.7 Å². The summed E-state index contributed by atoms with van der Waals surface area (Å²) in [7, 11) is 2.19. The molecule has 0 spiro atoms. The van der Waals surface area contributed by atoms with Gasteiger partial charge in [-0.2, -0.15) is 0 Å². The Kier molecular flexibility index (Phi) is 5.49. The normalized spacial score (nSPS) is 10.9. The van der Waals surface area contributed by atoms with Gasteiger partial charge in [-0.25, -0.2) is 0 Å². The van der Waals surface area contributed by atoms with Crippen LogP contribution >= 0.6 is 11.8 Å². The Morgan fingerprint density at radius 3 is 2.37 bits per heavy atom. The quantitative estimate of drug-likeness (QED) is 0.724. The maximum atomic E-state index is 2.39. The summed E-state index contributed by atoms with van der Waals surface area (Å²) in [6, 6.07) is 19.2. The number of rotatable bonds is 6. The summed E-state index contributed by atoms with van der Waals surface area (Å²) >= 11 is 1.92. The van der Waals surface area contributed by atoms with Gasteiger partial charge in [0, 0.05) is 23.7 Å². The first-order valence-electron chi connectivity index (χ1n) is 6.66. The van der Waals surface area contributed by atoms with Crippen molar-refractivity contribution < 1.29 is 0 Å². The molecule has 0 aliphatic rings. The summed E-state index contributed by atoms with van der Waals surface area (Å²) in [5.41, 5.74) is 2.81. The predicted octanol–water partition coefficient (Wildman–Crippen LogP) is 4.22. The lowest BCUT2D eigenvalue weighted by Crippen LogP contribution is -2.21. The first-order valence-corrected chi connectivity index (χ1v) is 7.65. The van der Waals surface area contributed by atoms with E-state index < -0.39 is 0 Å². The van der Waals surface area contributed by atoms with E-state index in [0.717, 1.165) is 18.8 Å². The molecule has 0 aromatic heterocycles. The fourth-order valence-corrected chi connectivity index (χ4v) is 2.98. The first kappa shape index (κ1) is 14.2. The van der Waals surface area contributed by atoms with Gasteiger partial charge in [0.1, 0.15) is 0 Å². The third-order valence-corrected chi connectivity index (χ3v) is 4.18. The SMILES string of the molecule is Cc1ccccc1CN(C)CCSc1ccccc1. The van der Waals surface area contributed by atoms with Crippen molar-refractivity contribution in [2.75, 3.05) is 19.3 Å². The minimum atomic E-state index is 1.03. The first-order chi connectivity index (χ1) is 9.25. The largest absolute Gasteiger partial charge is 0.301 e. The maximum absolute atomic E-state index is 2.39. The number of hydrogen-bond donors (Lipinski definition) is 0. The molecule has 0 N–H and O–H groups in total. The van der Waals surface area contributed by atoms with Crippen molar-refractivity contribution in [1.82, 2.24) is 4.90 Å². The highest BCUT2D eigenvalue weighted by molar-refractivity contribution is 7.99. The lowest BCUT2D eigenvalue weighted by atomic mass is 10.1. The molecule has 0 radical (unpaired) electrons. The zero-order chi connectivity index (χ0) is 13.5. The Hall–Kier alpha value is -1.25. The van der Waals surface area contributed by atoms with Crippen LogP contribution in [-0.2, 0) is 6.54 Å². The Morgan fingerprint density at radius 1 is 0.947 bits per heavy atom. The van der Waals surface area contributed by atoms with E-state index in [1.54, 1.807) is 0 Å². The summed E-state index contributed by atoms with van der Waals surface area (Å²) in [4.78, 5) is 3.74. The zero-order valence-corrected chi connectivity index (χ0v) is 12.5. The van der Waals surface area contributed by atoms with Gasteiger partial charge in [0.15, 0.2) is 0 Å². The molecular formula is C17H21NS. The second-order valence-corrected chi connectivity index (χ2v) is 5.99. The number of hydrogen-bond acceptors (Lipinski definition) is 2. The van der Waals surface area contributed by atoms with Gasteiger partial charge >= 0.3 is 0 Å². The highest BCUT2D eigenvalue weighted by atomic mass is 32.2. The van der Waals surface area contributed by atoms with Gasteiger partial charge in [-0.1, -0.05) is 42.5 Å². The molecule has 0 heterocycles. The van der Waals surface area contributed by atoms with Gasteiger partial charge in [0.25, 0.3) is 0 Å². The fraction of sp³-hybridized carbons (Fsp3) is 0.294. The predicted molar refractivity (Wildman–Crippen MR) is 84.7 cm³/mol. The van der Waals surface area contributed by atoms with Gasteiger partial charge in [-0.15, -0.1) is 11.8 Å². The molecule has 0 bridgehead atoms. The fourth-order valence-electron chi connectivity index (χ4n) is 1.99. The third-order valence-electron chi connectivity index (χ3n) is 3.19. The van der Waals surface area contributed by atoms with Crippen LogP contribution in [0.4, 0.5) is 0 Å². The van der Waals surface area contributed by atoms with E-state index in [1.807, 2.05) is 11.8 Å². The van der Waals surface area contributed by atoms with Crippen molar-refractivity contribution >= 4 is 11.8 Å². The van der Waals surface area contributed by atoms with Gasteiger partial charge in [0.2, 0.25) is 0 Å². The highest BCUT2D eigenvalue weighted by Gasteiger charge is 2.02. The van der Waals surface area contributed by atoms with Gasteiger partial charge in [0.05, 0.1) is 0 Å². The van der Waals surface area contributed by atoms with Crippen molar-refractivity contribution in [2.45, 2.75) is 18.4 Å². The van der Waals surface area contributed by atoms with E-state index in [1.165, 1.54) is 16.0 Å². The molecule has 0 saturated heterocycles. The molecule has 0 fully saturated rings. The Morgan fingerprint density at radius 2 is 1.63 bits per heavy atom. The zero-order valence-electron chi connectivity index (χ0n) is 11.7. The molecule has 0 amide bonds. The Balaban J connectivity index is 1.76. The van der Waals surface area contributed by atoms with Crippen LogP contribution in [0.25, 0.3) is 0 Å². The van der Waals surface area contributed by atoms with Crippen LogP contribution in [0.5, 0.6) is 0 Å². The smallest absolute Gasteiger partial charge is 0.0233 e. The summed E-state index contributed by atoms with van der Waals surface area (Å²) in [6.07, 6.45) is 0. The maximum Gasteiger partial charge on any atom is 0.0233 e. The summed E-state index contributed by atoms with van der Waals surface area (Å²) in [5.74, 6) is 1.13. The van der Waals surface area contributed by atoms with Gasteiger partial charge in [-0.3, -0.25) is 0 Å². The van der Waals surface area contributed by atoms with Crippen molar-refractivity contribution in [3.63, 3.8) is 0 Å². The molecule has 2 heteroatoms. The number of benzene rings is 2. The molecule has 0 aliphatic carbocycles. The Bertz CT molecular complexity index is 496. The van der Waals surface area contributed by atoms with E-state index in [-0.39, 0.29) is 0 Å². The van der Waals surface area contributed by atoms with Crippen LogP contribution in [0.2, 0.25) is 0 Å².